The molecule has 0 saturated carbocycles. The van der Waals surface area contributed by atoms with Crippen molar-refractivity contribution in [1.29, 1.82) is 0 Å². The minimum atomic E-state index is 0.476. The van der Waals surface area contributed by atoms with E-state index in [9.17, 15) is 0 Å². The van der Waals surface area contributed by atoms with Crippen LogP contribution in [0.25, 0.3) is 0 Å². The molecule has 3 nitrogen and oxygen atoms in total. The quantitative estimate of drug-likeness (QED) is 0.718. The minimum Gasteiger partial charge on any atom is -0.338 e. The summed E-state index contributed by atoms with van der Waals surface area (Å²) in [6, 6.07) is 0.476. The van der Waals surface area contributed by atoms with Crippen LogP contribution in [0.15, 0.2) is 12.4 Å². The van der Waals surface area contributed by atoms with Crippen LogP contribution in [-0.4, -0.2) is 28.0 Å². The van der Waals surface area contributed by atoms with Gasteiger partial charge in [0.1, 0.15) is 0 Å². The van der Waals surface area contributed by atoms with Crippen LogP contribution in [0.2, 0.25) is 0 Å². The fraction of sp³-hybridized carbons (Fsp3) is 0.700. The Bertz CT molecular complexity index is 297. The van der Waals surface area contributed by atoms with Gasteiger partial charge in [-0.25, -0.2) is 4.98 Å². The second-order valence-electron chi connectivity index (χ2n) is 3.66. The van der Waals surface area contributed by atoms with Crippen molar-refractivity contribution >= 4 is 17.5 Å². The summed E-state index contributed by atoms with van der Waals surface area (Å²) in [5, 5.41) is 0. The van der Waals surface area contributed by atoms with Crippen LogP contribution in [0.3, 0.4) is 0 Å². The van der Waals surface area contributed by atoms with Crippen LogP contribution < -0.4 is 4.90 Å². The van der Waals surface area contributed by atoms with Gasteiger partial charge in [0.05, 0.1) is 0 Å². The molecule has 0 spiro atoms. The molecule has 4 heteroatoms. The van der Waals surface area contributed by atoms with Crippen LogP contribution in [-0.2, 0) is 6.54 Å². The molecular weight excluding hydrogens is 198 g/mol. The van der Waals surface area contributed by atoms with E-state index in [4.69, 9.17) is 11.6 Å². The van der Waals surface area contributed by atoms with Crippen molar-refractivity contribution in [1.82, 2.24) is 9.55 Å². The fourth-order valence-electron chi connectivity index (χ4n) is 2.07. The van der Waals surface area contributed by atoms with E-state index in [0.717, 1.165) is 19.0 Å². The molecule has 0 radical (unpaired) electrons. The lowest BCUT2D eigenvalue weighted by Gasteiger charge is -2.24. The molecule has 0 bridgehead atoms. The zero-order valence-electron chi connectivity index (χ0n) is 8.49. The molecular formula is C10H16ClN3. The molecule has 1 unspecified atom stereocenters. The van der Waals surface area contributed by atoms with Crippen molar-refractivity contribution in [3.63, 3.8) is 0 Å². The third kappa shape index (κ3) is 1.61. The third-order valence-corrected chi connectivity index (χ3v) is 3.20. The molecule has 0 N–H and O–H groups in total. The number of anilines is 1. The fourth-order valence-corrected chi connectivity index (χ4v) is 2.39. The number of nitrogens with zero attached hydrogens (tertiary/aromatic N) is 3. The average molecular weight is 214 g/mol. The lowest BCUT2D eigenvalue weighted by Crippen LogP contribution is -2.32. The molecule has 14 heavy (non-hydrogen) atoms. The predicted molar refractivity (Wildman–Crippen MR) is 59.0 cm³/mol. The zero-order chi connectivity index (χ0) is 9.97. The van der Waals surface area contributed by atoms with E-state index in [1.54, 1.807) is 0 Å². The Morgan fingerprint density at radius 1 is 1.64 bits per heavy atom. The molecule has 0 aromatic carbocycles. The number of halogens is 1. The Morgan fingerprint density at radius 2 is 2.50 bits per heavy atom. The van der Waals surface area contributed by atoms with Gasteiger partial charge in [0.15, 0.2) is 0 Å². The number of alkyl halides is 1. The summed E-state index contributed by atoms with van der Waals surface area (Å²) in [6.45, 7) is 4.20. The topological polar surface area (TPSA) is 21.1 Å². The Kier molecular flexibility index (Phi) is 2.96. The summed E-state index contributed by atoms with van der Waals surface area (Å²) in [7, 11) is 0. The molecule has 0 aliphatic carbocycles. The maximum absolute atomic E-state index is 5.94. The predicted octanol–water partition coefficient (Wildman–Crippen LogP) is 2.11. The Balaban J connectivity index is 2.21. The summed E-state index contributed by atoms with van der Waals surface area (Å²) in [6.07, 6.45) is 6.31. The van der Waals surface area contributed by atoms with E-state index in [-0.39, 0.29) is 0 Å². The molecule has 2 heterocycles. The number of rotatable bonds is 3. The van der Waals surface area contributed by atoms with Crippen molar-refractivity contribution in [3.8, 4) is 0 Å². The van der Waals surface area contributed by atoms with Crippen LogP contribution in [0.5, 0.6) is 0 Å². The standard InChI is InChI=1S/C10H16ClN3/c1-2-13-7-5-12-10(13)14-6-3-4-9(14)8-11/h5,7,9H,2-4,6,8H2,1H3. The molecule has 1 aliphatic rings. The zero-order valence-corrected chi connectivity index (χ0v) is 9.24. The molecule has 1 atom stereocenters. The maximum Gasteiger partial charge on any atom is 0.205 e. The number of hydrogen-bond donors (Lipinski definition) is 0. The highest BCUT2D eigenvalue weighted by Crippen LogP contribution is 2.24. The van der Waals surface area contributed by atoms with Crippen LogP contribution in [0.1, 0.15) is 19.8 Å². The molecule has 1 saturated heterocycles. The van der Waals surface area contributed by atoms with E-state index in [2.05, 4.69) is 21.4 Å². The molecule has 78 valence electrons. The van der Waals surface area contributed by atoms with Gasteiger partial charge in [-0.15, -0.1) is 11.6 Å². The molecule has 1 aromatic rings. The van der Waals surface area contributed by atoms with E-state index in [1.807, 2.05) is 12.4 Å². The van der Waals surface area contributed by atoms with E-state index in [1.165, 1.54) is 12.8 Å². The van der Waals surface area contributed by atoms with Crippen LogP contribution in [0.4, 0.5) is 5.95 Å². The van der Waals surface area contributed by atoms with Crippen LogP contribution in [0, 0.1) is 0 Å². The van der Waals surface area contributed by atoms with Gasteiger partial charge in [0.2, 0.25) is 5.95 Å². The Hall–Kier alpha value is -0.700. The van der Waals surface area contributed by atoms with Gasteiger partial charge in [-0.05, 0) is 19.8 Å². The van der Waals surface area contributed by atoms with E-state index < -0.39 is 0 Å². The number of imidazole rings is 1. The third-order valence-electron chi connectivity index (χ3n) is 2.85. The highest BCUT2D eigenvalue weighted by molar-refractivity contribution is 6.18. The van der Waals surface area contributed by atoms with Gasteiger partial charge in [-0.2, -0.15) is 0 Å². The van der Waals surface area contributed by atoms with Gasteiger partial charge >= 0.3 is 0 Å². The van der Waals surface area contributed by atoms with Gasteiger partial charge in [0, 0.05) is 37.4 Å². The first-order valence-corrected chi connectivity index (χ1v) is 5.74. The summed E-state index contributed by atoms with van der Waals surface area (Å²) >= 11 is 5.94. The minimum absolute atomic E-state index is 0.476. The molecule has 2 rings (SSSR count). The van der Waals surface area contributed by atoms with Crippen molar-refractivity contribution in [2.24, 2.45) is 0 Å². The number of hydrogen-bond acceptors (Lipinski definition) is 2. The molecule has 1 aliphatic heterocycles. The average Bonchev–Trinajstić information content (AvgIpc) is 2.85. The summed E-state index contributed by atoms with van der Waals surface area (Å²) < 4.78 is 2.17. The highest BCUT2D eigenvalue weighted by atomic mass is 35.5. The number of aromatic nitrogens is 2. The van der Waals surface area contributed by atoms with Crippen molar-refractivity contribution in [3.05, 3.63) is 12.4 Å². The van der Waals surface area contributed by atoms with E-state index in [0.29, 0.717) is 11.9 Å². The smallest absolute Gasteiger partial charge is 0.205 e. The highest BCUT2D eigenvalue weighted by Gasteiger charge is 2.26. The second-order valence-corrected chi connectivity index (χ2v) is 3.97. The molecule has 0 amide bonds. The van der Waals surface area contributed by atoms with Crippen molar-refractivity contribution < 1.29 is 0 Å². The number of aryl methyl sites for hydroxylation is 1. The van der Waals surface area contributed by atoms with Gasteiger partial charge in [-0.3, -0.25) is 0 Å². The summed E-state index contributed by atoms with van der Waals surface area (Å²) in [5.41, 5.74) is 0. The monoisotopic (exact) mass is 213 g/mol. The van der Waals surface area contributed by atoms with Gasteiger partial charge in [0.25, 0.3) is 0 Å². The molecule has 1 fully saturated rings. The van der Waals surface area contributed by atoms with Gasteiger partial charge in [-0.1, -0.05) is 0 Å². The lowest BCUT2D eigenvalue weighted by molar-refractivity contribution is 0.676. The summed E-state index contributed by atoms with van der Waals surface area (Å²) in [4.78, 5) is 6.73. The second kappa shape index (κ2) is 4.22. The lowest BCUT2D eigenvalue weighted by atomic mass is 10.2. The first-order chi connectivity index (χ1) is 6.86. The Labute approximate surface area is 89.7 Å². The van der Waals surface area contributed by atoms with E-state index >= 15 is 0 Å². The van der Waals surface area contributed by atoms with Gasteiger partial charge < -0.3 is 9.47 Å². The van der Waals surface area contributed by atoms with Crippen molar-refractivity contribution in [2.45, 2.75) is 32.4 Å². The van der Waals surface area contributed by atoms with Crippen molar-refractivity contribution in [2.75, 3.05) is 17.3 Å². The normalized spacial score (nSPS) is 21.9. The Morgan fingerprint density at radius 3 is 3.21 bits per heavy atom. The largest absolute Gasteiger partial charge is 0.338 e. The first kappa shape index (κ1) is 9.84. The first-order valence-electron chi connectivity index (χ1n) is 5.20. The maximum atomic E-state index is 5.94. The SMILES string of the molecule is CCn1ccnc1N1CCCC1CCl. The summed E-state index contributed by atoms with van der Waals surface area (Å²) in [5.74, 6) is 1.78. The molecule has 1 aromatic heterocycles. The van der Waals surface area contributed by atoms with Crippen LogP contribution >= 0.6 is 11.6 Å².